The molecule has 2 rings (SSSR count). The Morgan fingerprint density at radius 3 is 2.67 bits per heavy atom. The average molecular weight is 324 g/mol. The molecular formula is C12H10BrN3OS. The van der Waals surface area contributed by atoms with E-state index in [2.05, 4.69) is 25.9 Å². The van der Waals surface area contributed by atoms with Crippen LogP contribution in [-0.4, -0.2) is 15.0 Å². The van der Waals surface area contributed by atoms with E-state index in [0.717, 1.165) is 10.0 Å². The number of ether oxygens (including phenoxy) is 1. The summed E-state index contributed by atoms with van der Waals surface area (Å²) in [6.07, 6.45) is 2.98. The van der Waals surface area contributed by atoms with Gasteiger partial charge in [-0.15, -0.1) is 0 Å². The second kappa shape index (κ2) is 5.41. The highest BCUT2D eigenvalue weighted by Crippen LogP contribution is 2.24. The molecule has 0 unspecified atom stereocenters. The lowest BCUT2D eigenvalue weighted by atomic mass is 10.2. The minimum atomic E-state index is 0.216. The largest absolute Gasteiger partial charge is 0.437 e. The zero-order chi connectivity index (χ0) is 13.1. The number of hydrogen-bond acceptors (Lipinski definition) is 4. The van der Waals surface area contributed by atoms with Crippen molar-refractivity contribution in [2.45, 2.75) is 6.92 Å². The summed E-state index contributed by atoms with van der Waals surface area (Å²) in [7, 11) is 0. The fraction of sp³-hybridized carbons (Fsp3) is 0.0833. The van der Waals surface area contributed by atoms with Gasteiger partial charge in [-0.2, -0.15) is 0 Å². The van der Waals surface area contributed by atoms with Crippen molar-refractivity contribution in [2.24, 2.45) is 5.73 Å². The van der Waals surface area contributed by atoms with Gasteiger partial charge in [-0.1, -0.05) is 28.1 Å². The molecule has 92 valence electrons. The van der Waals surface area contributed by atoms with Crippen molar-refractivity contribution >= 4 is 33.1 Å². The number of nitrogens with zero attached hydrogens (tertiary/aromatic N) is 2. The summed E-state index contributed by atoms with van der Waals surface area (Å²) in [5, 5.41) is 0. The molecule has 1 aromatic heterocycles. The zero-order valence-electron chi connectivity index (χ0n) is 9.55. The zero-order valence-corrected chi connectivity index (χ0v) is 12.0. The molecule has 0 aliphatic rings. The molecule has 2 aromatic rings. The second-order valence-corrected chi connectivity index (χ2v) is 4.91. The molecule has 1 aromatic carbocycles. The maximum absolute atomic E-state index is 5.57. The Balaban J connectivity index is 2.18. The maximum atomic E-state index is 5.57. The Labute approximate surface area is 118 Å². The molecule has 0 aliphatic carbocycles. The minimum Gasteiger partial charge on any atom is -0.437 e. The van der Waals surface area contributed by atoms with Crippen LogP contribution < -0.4 is 10.5 Å². The molecule has 0 spiro atoms. The molecule has 0 bridgehead atoms. The molecule has 1 heterocycles. The molecule has 0 amide bonds. The van der Waals surface area contributed by atoms with Crippen LogP contribution in [0.2, 0.25) is 0 Å². The van der Waals surface area contributed by atoms with E-state index in [1.165, 1.54) is 12.4 Å². The minimum absolute atomic E-state index is 0.216. The number of hydrogen-bond donors (Lipinski definition) is 1. The fourth-order valence-electron chi connectivity index (χ4n) is 1.30. The van der Waals surface area contributed by atoms with Crippen LogP contribution in [0, 0.1) is 6.92 Å². The predicted molar refractivity (Wildman–Crippen MR) is 76.9 cm³/mol. The molecule has 0 aliphatic heterocycles. The van der Waals surface area contributed by atoms with Crippen molar-refractivity contribution in [1.29, 1.82) is 0 Å². The highest BCUT2D eigenvalue weighted by atomic mass is 79.9. The van der Waals surface area contributed by atoms with E-state index in [9.17, 15) is 0 Å². The number of aryl methyl sites for hydroxylation is 1. The van der Waals surface area contributed by atoms with Crippen molar-refractivity contribution < 1.29 is 4.74 Å². The Morgan fingerprint density at radius 1 is 1.33 bits per heavy atom. The number of benzene rings is 1. The number of nitrogens with two attached hydrogens (primary N) is 1. The Bertz CT molecular complexity index is 586. The third-order valence-electron chi connectivity index (χ3n) is 2.23. The summed E-state index contributed by atoms with van der Waals surface area (Å²) in [6, 6.07) is 5.68. The highest BCUT2D eigenvalue weighted by Gasteiger charge is 2.03. The SMILES string of the molecule is Cc1cc(Oc2cnc(C(N)=S)cn2)ccc1Br. The van der Waals surface area contributed by atoms with Crippen LogP contribution in [-0.2, 0) is 0 Å². The summed E-state index contributed by atoms with van der Waals surface area (Å²) >= 11 is 8.22. The van der Waals surface area contributed by atoms with Crippen molar-refractivity contribution in [3.63, 3.8) is 0 Å². The molecule has 2 N–H and O–H groups in total. The van der Waals surface area contributed by atoms with Gasteiger partial charge in [0, 0.05) is 4.47 Å². The van der Waals surface area contributed by atoms with Gasteiger partial charge in [0.2, 0.25) is 5.88 Å². The van der Waals surface area contributed by atoms with Gasteiger partial charge in [-0.3, -0.25) is 0 Å². The molecule has 0 radical (unpaired) electrons. The summed E-state index contributed by atoms with van der Waals surface area (Å²) in [5.41, 5.74) is 7.00. The van der Waals surface area contributed by atoms with E-state index in [1.807, 2.05) is 25.1 Å². The van der Waals surface area contributed by atoms with E-state index in [-0.39, 0.29) is 4.99 Å². The lowest BCUT2D eigenvalue weighted by molar-refractivity contribution is 0.459. The molecule has 6 heteroatoms. The van der Waals surface area contributed by atoms with E-state index in [4.69, 9.17) is 22.7 Å². The standard InChI is InChI=1S/C12H10BrN3OS/c1-7-4-8(2-3-9(7)13)17-11-6-15-10(5-16-11)12(14)18/h2-6H,1H3,(H2,14,18). The summed E-state index contributed by atoms with van der Waals surface area (Å²) < 4.78 is 6.60. The van der Waals surface area contributed by atoms with Crippen LogP contribution >= 0.6 is 28.1 Å². The first kappa shape index (κ1) is 12.9. The van der Waals surface area contributed by atoms with E-state index in [1.54, 1.807) is 0 Å². The molecule has 0 saturated heterocycles. The van der Waals surface area contributed by atoms with E-state index >= 15 is 0 Å². The van der Waals surface area contributed by atoms with Crippen LogP contribution in [0.25, 0.3) is 0 Å². The lowest BCUT2D eigenvalue weighted by Gasteiger charge is -2.06. The van der Waals surface area contributed by atoms with E-state index < -0.39 is 0 Å². The van der Waals surface area contributed by atoms with Gasteiger partial charge in [0.25, 0.3) is 0 Å². The van der Waals surface area contributed by atoms with Gasteiger partial charge in [0.15, 0.2) is 0 Å². The first-order valence-electron chi connectivity index (χ1n) is 5.12. The van der Waals surface area contributed by atoms with Crippen LogP contribution in [0.5, 0.6) is 11.6 Å². The Morgan fingerprint density at radius 2 is 2.11 bits per heavy atom. The molecular weight excluding hydrogens is 314 g/mol. The molecule has 4 nitrogen and oxygen atoms in total. The highest BCUT2D eigenvalue weighted by molar-refractivity contribution is 9.10. The van der Waals surface area contributed by atoms with Crippen molar-refractivity contribution in [1.82, 2.24) is 9.97 Å². The maximum Gasteiger partial charge on any atom is 0.237 e. The monoisotopic (exact) mass is 323 g/mol. The van der Waals surface area contributed by atoms with Gasteiger partial charge in [-0.25, -0.2) is 9.97 Å². The molecule has 0 atom stereocenters. The first-order valence-corrected chi connectivity index (χ1v) is 6.32. The predicted octanol–water partition coefficient (Wildman–Crippen LogP) is 2.97. The van der Waals surface area contributed by atoms with Gasteiger partial charge < -0.3 is 10.5 Å². The lowest BCUT2D eigenvalue weighted by Crippen LogP contribution is -2.11. The van der Waals surface area contributed by atoms with Crippen LogP contribution in [0.4, 0.5) is 0 Å². The summed E-state index contributed by atoms with van der Waals surface area (Å²) in [4.78, 5) is 8.35. The summed E-state index contributed by atoms with van der Waals surface area (Å²) in [5.74, 6) is 1.10. The Kier molecular flexibility index (Phi) is 3.88. The average Bonchev–Trinajstić information content (AvgIpc) is 2.34. The van der Waals surface area contributed by atoms with Crippen LogP contribution in [0.15, 0.2) is 35.1 Å². The fourth-order valence-corrected chi connectivity index (χ4v) is 1.65. The first-order chi connectivity index (χ1) is 8.56. The normalized spacial score (nSPS) is 10.1. The quantitative estimate of drug-likeness (QED) is 0.880. The van der Waals surface area contributed by atoms with E-state index in [0.29, 0.717) is 17.3 Å². The number of aromatic nitrogens is 2. The molecule has 0 fully saturated rings. The molecule has 18 heavy (non-hydrogen) atoms. The van der Waals surface area contributed by atoms with Crippen molar-refractivity contribution in [3.05, 3.63) is 46.3 Å². The topological polar surface area (TPSA) is 61.0 Å². The van der Waals surface area contributed by atoms with Gasteiger partial charge in [-0.05, 0) is 30.7 Å². The van der Waals surface area contributed by atoms with Crippen LogP contribution in [0.3, 0.4) is 0 Å². The smallest absolute Gasteiger partial charge is 0.237 e. The molecule has 0 saturated carbocycles. The Hall–Kier alpha value is -1.53. The van der Waals surface area contributed by atoms with Gasteiger partial charge in [0.05, 0.1) is 12.4 Å². The van der Waals surface area contributed by atoms with Crippen molar-refractivity contribution in [2.75, 3.05) is 0 Å². The van der Waals surface area contributed by atoms with Crippen LogP contribution in [0.1, 0.15) is 11.3 Å². The van der Waals surface area contributed by atoms with Gasteiger partial charge >= 0.3 is 0 Å². The third-order valence-corrected chi connectivity index (χ3v) is 3.33. The number of thiocarbonyl (C=S) groups is 1. The third kappa shape index (κ3) is 3.02. The van der Waals surface area contributed by atoms with Gasteiger partial charge in [0.1, 0.15) is 16.4 Å². The second-order valence-electron chi connectivity index (χ2n) is 3.62. The summed E-state index contributed by atoms with van der Waals surface area (Å²) in [6.45, 7) is 1.98. The van der Waals surface area contributed by atoms with Crippen molar-refractivity contribution in [3.8, 4) is 11.6 Å². The number of rotatable bonds is 3. The number of halogens is 1.